The zero-order chi connectivity index (χ0) is 19.2. The van der Waals surface area contributed by atoms with E-state index in [0.29, 0.717) is 30.4 Å². The first-order valence-corrected chi connectivity index (χ1v) is 10.9. The molecule has 1 saturated heterocycles. The van der Waals surface area contributed by atoms with Crippen LogP contribution in [0.5, 0.6) is 0 Å². The molecule has 1 fully saturated rings. The minimum Gasteiger partial charge on any atom is -0.326 e. The normalized spacial score (nSPS) is 19.6. The maximum Gasteiger partial charge on any atom is 0.240 e. The molecule has 1 aromatic carbocycles. The minimum atomic E-state index is -3.58. The van der Waals surface area contributed by atoms with Crippen LogP contribution in [-0.4, -0.2) is 33.5 Å². The summed E-state index contributed by atoms with van der Waals surface area (Å²) < 4.78 is 27.4. The molecule has 0 radical (unpaired) electrons. The highest BCUT2D eigenvalue weighted by atomic mass is 35.5. The van der Waals surface area contributed by atoms with Crippen molar-refractivity contribution in [2.24, 2.45) is 11.8 Å². The van der Waals surface area contributed by atoms with E-state index in [4.69, 9.17) is 0 Å². The topological polar surface area (TPSA) is 87.3 Å². The number of halogens is 1. The van der Waals surface area contributed by atoms with E-state index in [2.05, 4.69) is 22.3 Å². The second-order valence-electron chi connectivity index (χ2n) is 7.29. The molecule has 1 amide bonds. The average molecular weight is 418 g/mol. The molecule has 8 heteroatoms. The molecule has 6 nitrogen and oxygen atoms in total. The van der Waals surface area contributed by atoms with Gasteiger partial charge >= 0.3 is 0 Å². The van der Waals surface area contributed by atoms with Crippen LogP contribution >= 0.6 is 12.4 Å². The van der Waals surface area contributed by atoms with Gasteiger partial charge in [-0.2, -0.15) is 0 Å². The van der Waals surface area contributed by atoms with Gasteiger partial charge in [-0.3, -0.25) is 4.79 Å². The summed E-state index contributed by atoms with van der Waals surface area (Å²) in [6.45, 7) is 7.87. The molecule has 0 bridgehead atoms. The molecule has 3 N–H and O–H groups in total. The van der Waals surface area contributed by atoms with Crippen LogP contribution in [0.4, 0.5) is 5.69 Å². The second kappa shape index (κ2) is 11.0. The van der Waals surface area contributed by atoms with Crippen molar-refractivity contribution in [3.63, 3.8) is 0 Å². The number of rotatable bonds is 8. The second-order valence-corrected chi connectivity index (χ2v) is 9.01. The number of hydrogen-bond donors (Lipinski definition) is 3. The number of carbonyl (C=O) groups is 1. The molecule has 0 saturated carbocycles. The first kappa shape index (κ1) is 23.9. The molecule has 1 aliphatic rings. The summed E-state index contributed by atoms with van der Waals surface area (Å²) in [6, 6.07) is 6.28. The Morgan fingerprint density at radius 3 is 2.70 bits per heavy atom. The number of anilines is 1. The van der Waals surface area contributed by atoms with E-state index in [1.54, 1.807) is 12.1 Å². The summed E-state index contributed by atoms with van der Waals surface area (Å²) in [5.41, 5.74) is 0.510. The van der Waals surface area contributed by atoms with Gasteiger partial charge in [0.2, 0.25) is 15.9 Å². The van der Waals surface area contributed by atoms with Crippen LogP contribution in [0.25, 0.3) is 0 Å². The zero-order valence-corrected chi connectivity index (χ0v) is 18.0. The Hall–Kier alpha value is -1.15. The first-order chi connectivity index (χ1) is 12.3. The van der Waals surface area contributed by atoms with Crippen LogP contribution in [0.1, 0.15) is 46.5 Å². The van der Waals surface area contributed by atoms with Crippen LogP contribution in [0.3, 0.4) is 0 Å². The predicted octanol–water partition coefficient (Wildman–Crippen LogP) is 3.15. The fourth-order valence-electron chi connectivity index (χ4n) is 3.19. The fourth-order valence-corrected chi connectivity index (χ4v) is 4.57. The number of amides is 1. The van der Waals surface area contributed by atoms with Gasteiger partial charge in [0.25, 0.3) is 0 Å². The molecular formula is C19H32ClN3O3S. The molecule has 27 heavy (non-hydrogen) atoms. The molecule has 3 unspecified atom stereocenters. The van der Waals surface area contributed by atoms with Crippen LogP contribution in [-0.2, 0) is 14.8 Å². The Morgan fingerprint density at radius 2 is 2.07 bits per heavy atom. The Labute approximate surface area is 169 Å². The van der Waals surface area contributed by atoms with E-state index in [1.807, 2.05) is 13.8 Å². The monoisotopic (exact) mass is 417 g/mol. The minimum absolute atomic E-state index is 0. The lowest BCUT2D eigenvalue weighted by Gasteiger charge is -2.28. The smallest absolute Gasteiger partial charge is 0.240 e. The number of hydrogen-bond acceptors (Lipinski definition) is 4. The Bertz CT molecular complexity index is 706. The number of nitrogens with one attached hydrogen (secondary N) is 3. The van der Waals surface area contributed by atoms with Crippen molar-refractivity contribution < 1.29 is 13.2 Å². The lowest BCUT2D eigenvalue weighted by Crippen LogP contribution is -2.34. The van der Waals surface area contributed by atoms with E-state index in [1.165, 1.54) is 12.1 Å². The van der Waals surface area contributed by atoms with Crippen molar-refractivity contribution in [1.29, 1.82) is 0 Å². The number of benzene rings is 1. The highest BCUT2D eigenvalue weighted by Crippen LogP contribution is 2.23. The number of piperidine rings is 1. The van der Waals surface area contributed by atoms with Crippen LogP contribution in [0.2, 0.25) is 0 Å². The summed E-state index contributed by atoms with van der Waals surface area (Å²) in [7, 11) is -3.58. The van der Waals surface area contributed by atoms with Crippen molar-refractivity contribution in [2.75, 3.05) is 18.4 Å². The summed E-state index contributed by atoms with van der Waals surface area (Å²) >= 11 is 0. The summed E-state index contributed by atoms with van der Waals surface area (Å²) in [5.74, 6) is 0.732. The van der Waals surface area contributed by atoms with Crippen LogP contribution in [0.15, 0.2) is 29.2 Å². The van der Waals surface area contributed by atoms with Gasteiger partial charge in [-0.25, -0.2) is 13.1 Å². The molecule has 1 aromatic rings. The standard InChI is InChI=1S/C19H31N3O3S.ClH/c1-4-15(3)22-26(24,25)18-9-5-8-17(12-18)21-19(23)11-14(2)16-7-6-10-20-13-16;/h5,8-9,12,14-16,20,22H,4,6-7,10-11,13H2,1-3H3,(H,21,23);1H. The SMILES string of the molecule is CCC(C)NS(=O)(=O)c1cccc(NC(=O)CC(C)C2CCCNC2)c1.Cl. The third-order valence-electron chi connectivity index (χ3n) is 5.04. The summed E-state index contributed by atoms with van der Waals surface area (Å²) in [4.78, 5) is 12.5. The number of carbonyl (C=O) groups excluding carboxylic acids is 1. The molecular weight excluding hydrogens is 386 g/mol. The largest absolute Gasteiger partial charge is 0.326 e. The van der Waals surface area contributed by atoms with Crippen LogP contribution in [0, 0.1) is 11.8 Å². The highest BCUT2D eigenvalue weighted by molar-refractivity contribution is 7.89. The quantitative estimate of drug-likeness (QED) is 0.606. The molecule has 0 aromatic heterocycles. The van der Waals surface area contributed by atoms with Gasteiger partial charge in [0, 0.05) is 18.2 Å². The summed E-state index contributed by atoms with van der Waals surface area (Å²) in [5, 5.41) is 6.22. The van der Waals surface area contributed by atoms with E-state index in [-0.39, 0.29) is 29.3 Å². The average Bonchev–Trinajstić information content (AvgIpc) is 2.62. The van der Waals surface area contributed by atoms with E-state index < -0.39 is 10.0 Å². The molecule has 154 valence electrons. The van der Waals surface area contributed by atoms with Gasteiger partial charge in [0.05, 0.1) is 4.90 Å². The summed E-state index contributed by atoms with van der Waals surface area (Å²) in [6.07, 6.45) is 3.45. The highest BCUT2D eigenvalue weighted by Gasteiger charge is 2.22. The lowest BCUT2D eigenvalue weighted by atomic mass is 9.85. The Morgan fingerprint density at radius 1 is 1.33 bits per heavy atom. The maximum atomic E-state index is 12.4. The molecule has 3 atom stereocenters. The van der Waals surface area contributed by atoms with Crippen molar-refractivity contribution in [2.45, 2.75) is 57.4 Å². The van der Waals surface area contributed by atoms with Gasteiger partial charge in [-0.15, -0.1) is 12.4 Å². The Balaban J connectivity index is 0.00000364. The van der Waals surface area contributed by atoms with E-state index >= 15 is 0 Å². The number of sulfonamides is 1. The fraction of sp³-hybridized carbons (Fsp3) is 0.632. The van der Waals surface area contributed by atoms with Crippen molar-refractivity contribution in [3.05, 3.63) is 24.3 Å². The first-order valence-electron chi connectivity index (χ1n) is 9.44. The molecule has 0 aliphatic carbocycles. The molecule has 0 spiro atoms. The third-order valence-corrected chi connectivity index (χ3v) is 6.63. The zero-order valence-electron chi connectivity index (χ0n) is 16.3. The maximum absolute atomic E-state index is 12.4. The van der Waals surface area contributed by atoms with Crippen molar-refractivity contribution >= 4 is 34.0 Å². The van der Waals surface area contributed by atoms with E-state index in [0.717, 1.165) is 25.9 Å². The van der Waals surface area contributed by atoms with Gasteiger partial charge in [0.15, 0.2) is 0 Å². The van der Waals surface area contributed by atoms with Crippen molar-refractivity contribution in [3.8, 4) is 0 Å². The predicted molar refractivity (Wildman–Crippen MR) is 112 cm³/mol. The lowest BCUT2D eigenvalue weighted by molar-refractivity contribution is -0.117. The van der Waals surface area contributed by atoms with Gasteiger partial charge in [0.1, 0.15) is 0 Å². The third kappa shape index (κ3) is 7.41. The molecule has 2 rings (SSSR count). The van der Waals surface area contributed by atoms with Gasteiger partial charge in [-0.05, 0) is 69.3 Å². The van der Waals surface area contributed by atoms with Crippen LogP contribution < -0.4 is 15.4 Å². The van der Waals surface area contributed by atoms with Gasteiger partial charge < -0.3 is 10.6 Å². The van der Waals surface area contributed by atoms with Gasteiger partial charge in [-0.1, -0.05) is 19.9 Å². The van der Waals surface area contributed by atoms with Crippen molar-refractivity contribution in [1.82, 2.24) is 10.0 Å². The molecule has 1 aliphatic heterocycles. The van der Waals surface area contributed by atoms with E-state index in [9.17, 15) is 13.2 Å². The Kier molecular flexibility index (Phi) is 9.73. The molecule has 1 heterocycles.